The summed E-state index contributed by atoms with van der Waals surface area (Å²) in [6.45, 7) is 1.59. The van der Waals surface area contributed by atoms with Gasteiger partial charge in [0.15, 0.2) is 12.1 Å². The van der Waals surface area contributed by atoms with Crippen molar-refractivity contribution in [3.05, 3.63) is 0 Å². The number of esters is 1. The Morgan fingerprint density at radius 1 is 1.60 bits per heavy atom. The fourth-order valence-corrected chi connectivity index (χ4v) is 1.58. The summed E-state index contributed by atoms with van der Waals surface area (Å²) < 4.78 is 15.0. The molecule has 0 aliphatic carbocycles. The molecule has 0 aromatic heterocycles. The Morgan fingerprint density at radius 3 is 2.80 bits per heavy atom. The first-order valence-corrected chi connectivity index (χ1v) is 4.82. The number of carbonyl (C=O) groups is 2. The minimum absolute atomic E-state index is 0.0673. The van der Waals surface area contributed by atoms with E-state index in [1.165, 1.54) is 14.2 Å². The second kappa shape index (κ2) is 4.72. The van der Waals surface area contributed by atoms with Crippen LogP contribution in [0, 0.1) is 0 Å². The average molecular weight is 216 g/mol. The number of hydrogen-bond donors (Lipinski definition) is 0. The maximum atomic E-state index is 11.6. The van der Waals surface area contributed by atoms with Gasteiger partial charge in [-0.1, -0.05) is 0 Å². The number of ether oxygens (including phenoxy) is 3. The van der Waals surface area contributed by atoms with Gasteiger partial charge in [0, 0.05) is 20.0 Å². The van der Waals surface area contributed by atoms with Crippen LogP contribution in [0.5, 0.6) is 0 Å². The van der Waals surface area contributed by atoms with Crippen LogP contribution in [0.25, 0.3) is 0 Å². The van der Waals surface area contributed by atoms with Crippen molar-refractivity contribution in [3.63, 3.8) is 0 Å². The van der Waals surface area contributed by atoms with Gasteiger partial charge in [-0.3, -0.25) is 9.59 Å². The van der Waals surface area contributed by atoms with Gasteiger partial charge in [-0.25, -0.2) is 0 Å². The molecule has 5 nitrogen and oxygen atoms in total. The van der Waals surface area contributed by atoms with Crippen molar-refractivity contribution < 1.29 is 23.8 Å². The van der Waals surface area contributed by atoms with Crippen LogP contribution < -0.4 is 0 Å². The first kappa shape index (κ1) is 12.1. The fourth-order valence-electron chi connectivity index (χ4n) is 1.58. The lowest BCUT2D eigenvalue weighted by atomic mass is 9.90. The summed E-state index contributed by atoms with van der Waals surface area (Å²) in [6, 6.07) is 0. The van der Waals surface area contributed by atoms with Crippen molar-refractivity contribution in [1.82, 2.24) is 0 Å². The molecule has 1 aliphatic rings. The molecule has 0 N–H and O–H groups in total. The van der Waals surface area contributed by atoms with Crippen LogP contribution in [0.1, 0.15) is 26.2 Å². The van der Waals surface area contributed by atoms with E-state index in [0.717, 1.165) is 0 Å². The Balaban J connectivity index is 2.69. The second-order valence-corrected chi connectivity index (χ2v) is 3.73. The number of methoxy groups -OCH3 is 2. The van der Waals surface area contributed by atoms with E-state index < -0.39 is 17.9 Å². The highest BCUT2D eigenvalue weighted by Crippen LogP contribution is 2.28. The van der Waals surface area contributed by atoms with Crippen molar-refractivity contribution in [2.24, 2.45) is 0 Å². The number of hydrogen-bond acceptors (Lipinski definition) is 5. The predicted octanol–water partition coefficient (Wildman–Crippen LogP) is 0.660. The van der Waals surface area contributed by atoms with E-state index in [1.807, 2.05) is 0 Å². The van der Waals surface area contributed by atoms with Gasteiger partial charge < -0.3 is 14.2 Å². The summed E-state index contributed by atoms with van der Waals surface area (Å²) in [7, 11) is 2.80. The molecule has 5 heteroatoms. The molecule has 0 bridgehead atoms. The molecule has 0 spiro atoms. The minimum atomic E-state index is -1.11. The largest absolute Gasteiger partial charge is 0.469 e. The quantitative estimate of drug-likeness (QED) is 0.648. The normalized spacial score (nSPS) is 31.4. The third kappa shape index (κ3) is 2.76. The monoisotopic (exact) mass is 216 g/mol. The van der Waals surface area contributed by atoms with E-state index in [0.29, 0.717) is 12.8 Å². The predicted molar refractivity (Wildman–Crippen MR) is 51.2 cm³/mol. The Labute approximate surface area is 88.7 Å². The molecule has 1 aliphatic heterocycles. The minimum Gasteiger partial charge on any atom is -0.469 e. The van der Waals surface area contributed by atoms with Crippen LogP contribution >= 0.6 is 0 Å². The van der Waals surface area contributed by atoms with Crippen molar-refractivity contribution >= 4 is 11.8 Å². The summed E-state index contributed by atoms with van der Waals surface area (Å²) in [4.78, 5) is 22.8. The Kier molecular flexibility index (Phi) is 3.82. The van der Waals surface area contributed by atoms with Gasteiger partial charge >= 0.3 is 5.97 Å². The zero-order valence-corrected chi connectivity index (χ0v) is 9.24. The van der Waals surface area contributed by atoms with E-state index >= 15 is 0 Å². The maximum absolute atomic E-state index is 11.6. The standard InChI is InChI=1S/C10H16O5/c1-10(6-8(12)13-2)7(11)4-5-9(14-3)15-10/h9H,4-6H2,1-3H3/t9-,10-/m0/s1. The Hall–Kier alpha value is -0.940. The molecule has 0 amide bonds. The van der Waals surface area contributed by atoms with E-state index in [-0.39, 0.29) is 12.2 Å². The van der Waals surface area contributed by atoms with Crippen LogP contribution in [0.2, 0.25) is 0 Å². The highest BCUT2D eigenvalue weighted by molar-refractivity contribution is 5.91. The van der Waals surface area contributed by atoms with Crippen molar-refractivity contribution in [3.8, 4) is 0 Å². The summed E-state index contributed by atoms with van der Waals surface area (Å²) in [5.41, 5.74) is -1.11. The average Bonchev–Trinajstić information content (AvgIpc) is 2.22. The van der Waals surface area contributed by atoms with Crippen molar-refractivity contribution in [2.45, 2.75) is 38.1 Å². The van der Waals surface area contributed by atoms with Crippen molar-refractivity contribution in [1.29, 1.82) is 0 Å². The third-order valence-electron chi connectivity index (χ3n) is 2.56. The summed E-state index contributed by atoms with van der Waals surface area (Å²) in [5.74, 6) is -0.538. The molecule has 0 radical (unpaired) electrons. The number of Topliss-reactive ketones (excluding diaryl/α,β-unsaturated/α-hetero) is 1. The first-order chi connectivity index (χ1) is 7.01. The van der Waals surface area contributed by atoms with Crippen LogP contribution in [0.3, 0.4) is 0 Å². The molecule has 1 heterocycles. The Morgan fingerprint density at radius 2 is 2.27 bits per heavy atom. The molecule has 0 saturated carbocycles. The third-order valence-corrected chi connectivity index (χ3v) is 2.56. The van der Waals surface area contributed by atoms with Gasteiger partial charge in [0.25, 0.3) is 0 Å². The van der Waals surface area contributed by atoms with Gasteiger partial charge in [0.2, 0.25) is 0 Å². The number of ketones is 1. The summed E-state index contributed by atoms with van der Waals surface area (Å²) in [6.07, 6.45) is 0.415. The second-order valence-electron chi connectivity index (χ2n) is 3.73. The molecule has 15 heavy (non-hydrogen) atoms. The molecule has 0 aromatic rings. The zero-order chi connectivity index (χ0) is 11.5. The van der Waals surface area contributed by atoms with Crippen LogP contribution in [0.4, 0.5) is 0 Å². The van der Waals surface area contributed by atoms with Gasteiger partial charge in [-0.15, -0.1) is 0 Å². The molecular formula is C10H16O5. The molecule has 1 fully saturated rings. The smallest absolute Gasteiger partial charge is 0.308 e. The topological polar surface area (TPSA) is 61.8 Å². The molecule has 1 saturated heterocycles. The number of carbonyl (C=O) groups excluding carboxylic acids is 2. The van der Waals surface area contributed by atoms with E-state index in [2.05, 4.69) is 4.74 Å². The lowest BCUT2D eigenvalue weighted by Crippen LogP contribution is -2.48. The molecular weight excluding hydrogens is 200 g/mol. The molecule has 0 aromatic carbocycles. The lowest BCUT2D eigenvalue weighted by molar-refractivity contribution is -0.218. The van der Waals surface area contributed by atoms with E-state index in [1.54, 1.807) is 6.92 Å². The lowest BCUT2D eigenvalue weighted by Gasteiger charge is -2.35. The highest BCUT2D eigenvalue weighted by atomic mass is 16.7. The van der Waals surface area contributed by atoms with Crippen molar-refractivity contribution in [2.75, 3.05) is 14.2 Å². The van der Waals surface area contributed by atoms with Gasteiger partial charge in [0.1, 0.15) is 5.60 Å². The number of rotatable bonds is 3. The van der Waals surface area contributed by atoms with Gasteiger partial charge in [-0.05, 0) is 6.92 Å². The maximum Gasteiger partial charge on any atom is 0.308 e. The highest BCUT2D eigenvalue weighted by Gasteiger charge is 2.42. The van der Waals surface area contributed by atoms with Crippen LogP contribution in [-0.2, 0) is 23.8 Å². The molecule has 1 rings (SSSR count). The molecule has 86 valence electrons. The Bertz CT molecular complexity index is 263. The zero-order valence-electron chi connectivity index (χ0n) is 9.24. The van der Waals surface area contributed by atoms with E-state index in [4.69, 9.17) is 9.47 Å². The molecule has 2 atom stereocenters. The summed E-state index contributed by atoms with van der Waals surface area (Å²) >= 11 is 0. The summed E-state index contributed by atoms with van der Waals surface area (Å²) in [5, 5.41) is 0. The fraction of sp³-hybridized carbons (Fsp3) is 0.800. The van der Waals surface area contributed by atoms with Gasteiger partial charge in [0.05, 0.1) is 13.5 Å². The van der Waals surface area contributed by atoms with Crippen LogP contribution in [-0.4, -0.2) is 37.9 Å². The SMILES string of the molecule is COC(=O)C[C@]1(C)O[C@H](OC)CCC1=O. The van der Waals surface area contributed by atoms with E-state index in [9.17, 15) is 9.59 Å². The first-order valence-electron chi connectivity index (χ1n) is 4.82. The van der Waals surface area contributed by atoms with Gasteiger partial charge in [-0.2, -0.15) is 0 Å². The molecule has 0 unspecified atom stereocenters. The van der Waals surface area contributed by atoms with Crippen LogP contribution in [0.15, 0.2) is 0 Å².